The highest BCUT2D eigenvalue weighted by Gasteiger charge is 2.54. The second kappa shape index (κ2) is 16.6. The van der Waals surface area contributed by atoms with E-state index in [1.54, 1.807) is 42.5 Å². The van der Waals surface area contributed by atoms with Crippen LogP contribution in [0.1, 0.15) is 65.8 Å². The van der Waals surface area contributed by atoms with Gasteiger partial charge in [-0.05, 0) is 100 Å². The van der Waals surface area contributed by atoms with Gasteiger partial charge in [0.2, 0.25) is 0 Å². The molecule has 0 bridgehead atoms. The number of fused-ring (bicyclic) bond motifs is 3. The molecule has 6 atom stereocenters. The standard InChI is InChI=1S/C47H48O10/c1-28(49)56-43-24-37(57-46(53)18-30-9-10-32-19-36(50)13-11-31(32)17-30)20-35(33-12-14-41(51)44(22-33)54-2)26-47(16-15-29-7-5-4-6-8-29)39(43)21-34-23-45(55-3)42(52)25-38(34)40(47)27-48/h4-17,19,22-23,25,35,37,39-40,43,48,50-52H,18,20-21,24,26-27H2,1-3H3/t35?,37-,39-,40+,43-,47-/m0/s1. The predicted molar refractivity (Wildman–Crippen MR) is 216 cm³/mol. The number of phenols is 3. The number of hydrogen-bond donors (Lipinski definition) is 4. The normalized spacial score (nSPS) is 23.1. The highest BCUT2D eigenvalue weighted by atomic mass is 16.6. The first-order valence-electron chi connectivity index (χ1n) is 19.2. The Morgan fingerprint density at radius 3 is 2.28 bits per heavy atom. The van der Waals surface area contributed by atoms with Gasteiger partial charge >= 0.3 is 11.9 Å². The van der Waals surface area contributed by atoms with E-state index < -0.39 is 41.4 Å². The second-order valence-electron chi connectivity index (χ2n) is 15.2. The molecule has 2 aliphatic carbocycles. The van der Waals surface area contributed by atoms with Gasteiger partial charge in [0.05, 0.1) is 27.2 Å². The van der Waals surface area contributed by atoms with Crippen LogP contribution in [0.3, 0.4) is 0 Å². The summed E-state index contributed by atoms with van der Waals surface area (Å²) < 4.78 is 23.7. The molecule has 0 amide bonds. The highest BCUT2D eigenvalue weighted by Crippen LogP contribution is 2.59. The molecule has 1 saturated carbocycles. The Kier molecular flexibility index (Phi) is 11.4. The van der Waals surface area contributed by atoms with Crippen LogP contribution in [0.4, 0.5) is 0 Å². The number of hydrogen-bond acceptors (Lipinski definition) is 10. The summed E-state index contributed by atoms with van der Waals surface area (Å²) in [4.78, 5) is 26.8. The zero-order chi connectivity index (χ0) is 40.3. The Balaban J connectivity index is 1.35. The molecular formula is C47H48O10. The van der Waals surface area contributed by atoms with Gasteiger partial charge in [-0.15, -0.1) is 0 Å². The lowest BCUT2D eigenvalue weighted by Gasteiger charge is -2.54. The first kappa shape index (κ1) is 39.2. The number of ether oxygens (including phenoxy) is 4. The van der Waals surface area contributed by atoms with Crippen LogP contribution in [0.5, 0.6) is 28.7 Å². The minimum Gasteiger partial charge on any atom is -0.508 e. The zero-order valence-electron chi connectivity index (χ0n) is 32.3. The third-order valence-electron chi connectivity index (χ3n) is 11.8. The van der Waals surface area contributed by atoms with Crippen molar-refractivity contribution in [2.75, 3.05) is 20.8 Å². The van der Waals surface area contributed by atoms with Crippen LogP contribution in [0.2, 0.25) is 0 Å². The Labute approximate surface area is 331 Å². The summed E-state index contributed by atoms with van der Waals surface area (Å²) >= 11 is 0. The van der Waals surface area contributed by atoms with Gasteiger partial charge in [-0.1, -0.05) is 72.8 Å². The Morgan fingerprint density at radius 1 is 0.807 bits per heavy atom. The molecule has 57 heavy (non-hydrogen) atoms. The lowest BCUT2D eigenvalue weighted by Crippen LogP contribution is -2.51. The van der Waals surface area contributed by atoms with E-state index in [1.165, 1.54) is 21.1 Å². The summed E-state index contributed by atoms with van der Waals surface area (Å²) in [5, 5.41) is 44.8. The van der Waals surface area contributed by atoms with Crippen molar-refractivity contribution in [3.63, 3.8) is 0 Å². The molecule has 1 unspecified atom stereocenters. The number of aliphatic hydroxyl groups is 1. The number of allylic oxidation sites excluding steroid dienone is 1. The smallest absolute Gasteiger partial charge is 0.310 e. The molecular weight excluding hydrogens is 725 g/mol. The fourth-order valence-electron chi connectivity index (χ4n) is 9.20. The second-order valence-corrected chi connectivity index (χ2v) is 15.2. The van der Waals surface area contributed by atoms with E-state index in [1.807, 2.05) is 60.7 Å². The third kappa shape index (κ3) is 8.27. The molecule has 4 N–H and O–H groups in total. The molecule has 5 aromatic rings. The average molecular weight is 773 g/mol. The molecule has 10 heteroatoms. The molecule has 0 aromatic heterocycles. The monoisotopic (exact) mass is 772 g/mol. The van der Waals surface area contributed by atoms with Crippen LogP contribution in [-0.4, -0.2) is 65.4 Å². The summed E-state index contributed by atoms with van der Waals surface area (Å²) in [6.07, 6.45) is 4.06. The van der Waals surface area contributed by atoms with E-state index in [9.17, 15) is 30.0 Å². The quantitative estimate of drug-likeness (QED) is 0.103. The van der Waals surface area contributed by atoms with Crippen molar-refractivity contribution < 1.29 is 49.0 Å². The van der Waals surface area contributed by atoms with Crippen LogP contribution in [0.25, 0.3) is 16.8 Å². The Hall–Kier alpha value is -6.00. The number of carbonyl (C=O) groups excluding carboxylic acids is 2. The van der Waals surface area contributed by atoms with E-state index in [0.29, 0.717) is 30.8 Å². The van der Waals surface area contributed by atoms with Gasteiger partial charge in [-0.3, -0.25) is 9.59 Å². The summed E-state index contributed by atoms with van der Waals surface area (Å²) in [5.74, 6) is -1.55. The number of benzene rings is 5. The topological polar surface area (TPSA) is 152 Å². The van der Waals surface area contributed by atoms with Crippen molar-refractivity contribution in [2.24, 2.45) is 11.3 Å². The zero-order valence-corrected chi connectivity index (χ0v) is 32.3. The number of aromatic hydroxyl groups is 3. The van der Waals surface area contributed by atoms with Crippen molar-refractivity contribution in [1.82, 2.24) is 0 Å². The molecule has 1 fully saturated rings. The Bertz CT molecular complexity index is 2280. The van der Waals surface area contributed by atoms with Crippen LogP contribution in [0, 0.1) is 11.3 Å². The molecule has 0 aliphatic heterocycles. The van der Waals surface area contributed by atoms with E-state index in [0.717, 1.165) is 38.6 Å². The van der Waals surface area contributed by atoms with Crippen LogP contribution < -0.4 is 9.47 Å². The van der Waals surface area contributed by atoms with Crippen molar-refractivity contribution >= 4 is 28.8 Å². The number of phenolic OH excluding ortho intramolecular Hbond substituents is 3. The summed E-state index contributed by atoms with van der Waals surface area (Å²) in [6.45, 7) is 1.09. The molecule has 10 nitrogen and oxygen atoms in total. The van der Waals surface area contributed by atoms with E-state index >= 15 is 0 Å². The van der Waals surface area contributed by atoms with Crippen LogP contribution in [-0.2, 0) is 31.9 Å². The molecule has 5 aromatic carbocycles. The minimum absolute atomic E-state index is 0.000321. The van der Waals surface area contributed by atoms with Gasteiger partial charge in [-0.25, -0.2) is 0 Å². The van der Waals surface area contributed by atoms with Gasteiger partial charge in [0.15, 0.2) is 23.0 Å². The number of aliphatic hydroxyl groups excluding tert-OH is 1. The SMILES string of the molecule is COc1cc(C2C[C@H](OC(=O)Cc3ccc4cc(O)ccc4c3)C[C@H](OC(C)=O)[C@@H]3Cc4cc(OC)c(O)cc4[C@@H](CO)[C@@]3(C=Cc3ccccc3)C2)ccc1O. The number of rotatable bonds is 10. The molecule has 0 spiro atoms. The van der Waals surface area contributed by atoms with Gasteiger partial charge in [0.1, 0.15) is 18.0 Å². The maximum Gasteiger partial charge on any atom is 0.310 e. The van der Waals surface area contributed by atoms with E-state index in [2.05, 4.69) is 6.08 Å². The maximum atomic E-state index is 13.9. The molecule has 0 saturated heterocycles. The molecule has 0 radical (unpaired) electrons. The van der Waals surface area contributed by atoms with Crippen molar-refractivity contribution in [3.05, 3.63) is 131 Å². The highest BCUT2D eigenvalue weighted by molar-refractivity contribution is 5.85. The molecule has 7 rings (SSSR count). The molecule has 0 heterocycles. The molecule has 296 valence electrons. The fourth-order valence-corrected chi connectivity index (χ4v) is 9.20. The largest absolute Gasteiger partial charge is 0.508 e. The van der Waals surface area contributed by atoms with Gasteiger partial charge in [0.25, 0.3) is 0 Å². The summed E-state index contributed by atoms with van der Waals surface area (Å²) in [6, 6.07) is 29.2. The first-order valence-corrected chi connectivity index (χ1v) is 19.2. The summed E-state index contributed by atoms with van der Waals surface area (Å²) in [7, 11) is 2.97. The number of methoxy groups -OCH3 is 2. The third-order valence-corrected chi connectivity index (χ3v) is 11.8. The van der Waals surface area contributed by atoms with E-state index in [-0.39, 0.29) is 42.6 Å². The van der Waals surface area contributed by atoms with Gasteiger partial charge in [0, 0.05) is 30.6 Å². The fraction of sp³-hybridized carbons (Fsp3) is 0.319. The average Bonchev–Trinajstić information content (AvgIpc) is 3.19. The lowest BCUT2D eigenvalue weighted by atomic mass is 9.52. The minimum atomic E-state index is -0.872. The van der Waals surface area contributed by atoms with Crippen molar-refractivity contribution in [1.29, 1.82) is 0 Å². The van der Waals surface area contributed by atoms with E-state index in [4.69, 9.17) is 18.9 Å². The first-order chi connectivity index (χ1) is 27.5. The van der Waals surface area contributed by atoms with Crippen LogP contribution >= 0.6 is 0 Å². The summed E-state index contributed by atoms with van der Waals surface area (Å²) in [5.41, 5.74) is 3.26. The van der Waals surface area contributed by atoms with Crippen LogP contribution in [0.15, 0.2) is 103 Å². The van der Waals surface area contributed by atoms with Crippen molar-refractivity contribution in [3.8, 4) is 28.7 Å². The predicted octanol–water partition coefficient (Wildman–Crippen LogP) is 7.98. The van der Waals surface area contributed by atoms with Crippen molar-refractivity contribution in [2.45, 2.75) is 63.1 Å². The van der Waals surface area contributed by atoms with Gasteiger partial charge in [-0.2, -0.15) is 0 Å². The number of esters is 2. The lowest BCUT2D eigenvalue weighted by molar-refractivity contribution is -0.162. The molecule has 2 aliphatic rings. The Morgan fingerprint density at radius 2 is 1.54 bits per heavy atom. The maximum absolute atomic E-state index is 13.9. The number of carbonyl (C=O) groups is 2. The van der Waals surface area contributed by atoms with Gasteiger partial charge < -0.3 is 39.4 Å².